The molecule has 0 saturated heterocycles. The van der Waals surface area contributed by atoms with Gasteiger partial charge in [0.15, 0.2) is 0 Å². The van der Waals surface area contributed by atoms with Crippen molar-refractivity contribution in [3.05, 3.63) is 0 Å². The first kappa shape index (κ1) is 15.8. The van der Waals surface area contributed by atoms with Gasteiger partial charge in [-0.1, -0.05) is 20.8 Å². The second kappa shape index (κ2) is 5.89. The zero-order valence-corrected chi connectivity index (χ0v) is 10.9. The van der Waals surface area contributed by atoms with E-state index < -0.39 is 18.6 Å². The number of hydrogen-bond donors (Lipinski definition) is 1. The van der Waals surface area contributed by atoms with Crippen molar-refractivity contribution < 1.29 is 13.2 Å². The van der Waals surface area contributed by atoms with Gasteiger partial charge in [-0.15, -0.1) is 0 Å². The lowest BCUT2D eigenvalue weighted by Crippen LogP contribution is -2.37. The van der Waals surface area contributed by atoms with Gasteiger partial charge in [-0.05, 0) is 32.1 Å². The summed E-state index contributed by atoms with van der Waals surface area (Å²) in [5.74, 6) is 0. The van der Waals surface area contributed by atoms with Crippen molar-refractivity contribution >= 4 is 0 Å². The molecule has 0 aliphatic carbocycles. The van der Waals surface area contributed by atoms with Crippen molar-refractivity contribution in [1.29, 1.82) is 0 Å². The highest BCUT2D eigenvalue weighted by Crippen LogP contribution is 2.23. The van der Waals surface area contributed by atoms with Crippen LogP contribution in [0.2, 0.25) is 0 Å². The van der Waals surface area contributed by atoms with Crippen LogP contribution < -0.4 is 5.32 Å². The Balaban J connectivity index is 3.83. The monoisotopic (exact) mass is 239 g/mol. The highest BCUT2D eigenvalue weighted by Gasteiger charge is 2.30. The number of nitrogens with one attached hydrogen (secondary N) is 1. The van der Waals surface area contributed by atoms with Crippen molar-refractivity contribution in [3.8, 4) is 0 Å². The van der Waals surface area contributed by atoms with Crippen LogP contribution in [0, 0.1) is 5.41 Å². The minimum Gasteiger partial charge on any atom is -0.311 e. The molecule has 1 nitrogen and oxygen atoms in total. The van der Waals surface area contributed by atoms with E-state index in [1.54, 1.807) is 6.92 Å². The summed E-state index contributed by atoms with van der Waals surface area (Å²) in [6.45, 7) is 9.94. The third-order valence-corrected chi connectivity index (χ3v) is 2.43. The Bertz CT molecular complexity index is 193. The summed E-state index contributed by atoms with van der Waals surface area (Å²) in [6, 6.07) is -0.369. The molecule has 0 aromatic rings. The van der Waals surface area contributed by atoms with Crippen LogP contribution in [-0.4, -0.2) is 18.3 Å². The molecule has 98 valence electrons. The molecular weight excluding hydrogens is 215 g/mol. The number of hydrogen-bond acceptors (Lipinski definition) is 1. The summed E-state index contributed by atoms with van der Waals surface area (Å²) in [5, 5.41) is 2.99. The van der Waals surface area contributed by atoms with Crippen LogP contribution in [0.4, 0.5) is 13.2 Å². The lowest BCUT2D eigenvalue weighted by Gasteiger charge is -2.24. The Kier molecular flexibility index (Phi) is 5.80. The molecule has 0 aromatic carbocycles. The van der Waals surface area contributed by atoms with E-state index in [9.17, 15) is 13.2 Å². The lowest BCUT2D eigenvalue weighted by atomic mass is 9.89. The fraction of sp³-hybridized carbons (Fsp3) is 1.00. The van der Waals surface area contributed by atoms with Crippen LogP contribution in [0.5, 0.6) is 0 Å². The number of alkyl halides is 3. The predicted molar refractivity (Wildman–Crippen MR) is 61.4 cm³/mol. The zero-order valence-electron chi connectivity index (χ0n) is 10.9. The molecule has 0 amide bonds. The van der Waals surface area contributed by atoms with Gasteiger partial charge in [-0.2, -0.15) is 13.2 Å². The molecule has 2 atom stereocenters. The van der Waals surface area contributed by atoms with Crippen LogP contribution in [0.3, 0.4) is 0 Å². The van der Waals surface area contributed by atoms with Gasteiger partial charge in [0, 0.05) is 12.1 Å². The first-order valence-electron chi connectivity index (χ1n) is 5.82. The molecule has 0 fully saturated rings. The van der Waals surface area contributed by atoms with Gasteiger partial charge >= 0.3 is 6.18 Å². The lowest BCUT2D eigenvalue weighted by molar-refractivity contribution is -0.139. The van der Waals surface area contributed by atoms with E-state index in [0.717, 1.165) is 12.8 Å². The minimum absolute atomic E-state index is 0.136. The molecule has 0 aromatic heterocycles. The van der Waals surface area contributed by atoms with Crippen molar-refractivity contribution in [2.24, 2.45) is 5.41 Å². The first-order chi connectivity index (χ1) is 6.99. The van der Waals surface area contributed by atoms with Crippen LogP contribution in [-0.2, 0) is 0 Å². The van der Waals surface area contributed by atoms with Gasteiger partial charge in [-0.3, -0.25) is 0 Å². The fourth-order valence-electron chi connectivity index (χ4n) is 1.62. The van der Waals surface area contributed by atoms with Gasteiger partial charge in [0.05, 0.1) is 6.42 Å². The Morgan fingerprint density at radius 2 is 1.50 bits per heavy atom. The number of halogens is 3. The normalized spacial score (nSPS) is 17.2. The smallest absolute Gasteiger partial charge is 0.311 e. The molecule has 0 spiro atoms. The molecule has 0 heterocycles. The van der Waals surface area contributed by atoms with E-state index in [-0.39, 0.29) is 11.5 Å². The van der Waals surface area contributed by atoms with Gasteiger partial charge in [0.2, 0.25) is 0 Å². The molecule has 0 radical (unpaired) electrons. The summed E-state index contributed by atoms with van der Waals surface area (Å²) >= 11 is 0. The first-order valence-corrected chi connectivity index (χ1v) is 5.82. The molecular formula is C12H24F3N. The Labute approximate surface area is 96.8 Å². The highest BCUT2D eigenvalue weighted by atomic mass is 19.4. The Morgan fingerprint density at radius 1 is 1.00 bits per heavy atom. The van der Waals surface area contributed by atoms with Crippen molar-refractivity contribution in [3.63, 3.8) is 0 Å². The van der Waals surface area contributed by atoms with Crippen LogP contribution >= 0.6 is 0 Å². The van der Waals surface area contributed by atoms with Gasteiger partial charge in [-0.25, -0.2) is 0 Å². The number of rotatable bonds is 5. The van der Waals surface area contributed by atoms with Gasteiger partial charge < -0.3 is 5.32 Å². The van der Waals surface area contributed by atoms with Crippen molar-refractivity contribution in [2.75, 3.05) is 0 Å². The molecule has 4 heteroatoms. The summed E-state index contributed by atoms with van der Waals surface area (Å²) in [5.41, 5.74) is 0.239. The van der Waals surface area contributed by atoms with Crippen LogP contribution in [0.1, 0.15) is 53.9 Å². The van der Waals surface area contributed by atoms with E-state index in [1.165, 1.54) is 0 Å². The molecule has 1 N–H and O–H groups in total. The van der Waals surface area contributed by atoms with Crippen LogP contribution in [0.15, 0.2) is 0 Å². The molecule has 0 aliphatic heterocycles. The summed E-state index contributed by atoms with van der Waals surface area (Å²) in [4.78, 5) is 0. The SMILES string of the molecule is CC(CCC(C)(C)C)NC(C)CC(F)(F)F. The third kappa shape index (κ3) is 10.3. The predicted octanol–water partition coefficient (Wildman–Crippen LogP) is 4.13. The quantitative estimate of drug-likeness (QED) is 0.760. The third-order valence-electron chi connectivity index (χ3n) is 2.43. The zero-order chi connectivity index (χ0) is 13.0. The maximum Gasteiger partial charge on any atom is 0.390 e. The largest absolute Gasteiger partial charge is 0.390 e. The molecule has 0 saturated carbocycles. The molecule has 0 aliphatic rings. The molecule has 0 bridgehead atoms. The Hall–Kier alpha value is -0.250. The maximum atomic E-state index is 12.1. The minimum atomic E-state index is -4.07. The van der Waals surface area contributed by atoms with E-state index in [2.05, 4.69) is 26.1 Å². The summed E-state index contributed by atoms with van der Waals surface area (Å²) < 4.78 is 36.3. The van der Waals surface area contributed by atoms with Gasteiger partial charge in [0.1, 0.15) is 0 Å². The maximum absolute atomic E-state index is 12.1. The molecule has 16 heavy (non-hydrogen) atoms. The summed E-state index contributed by atoms with van der Waals surface area (Å²) in [7, 11) is 0. The average molecular weight is 239 g/mol. The van der Waals surface area contributed by atoms with Gasteiger partial charge in [0.25, 0.3) is 0 Å². The Morgan fingerprint density at radius 3 is 1.88 bits per heavy atom. The fourth-order valence-corrected chi connectivity index (χ4v) is 1.62. The topological polar surface area (TPSA) is 12.0 Å². The van der Waals surface area contributed by atoms with E-state index in [4.69, 9.17) is 0 Å². The van der Waals surface area contributed by atoms with Crippen LogP contribution in [0.25, 0.3) is 0 Å². The van der Waals surface area contributed by atoms with Crippen molar-refractivity contribution in [1.82, 2.24) is 5.32 Å². The second-order valence-electron chi connectivity index (χ2n) is 5.89. The standard InChI is InChI=1S/C12H24F3N/c1-9(6-7-11(3,4)5)16-10(2)8-12(13,14)15/h9-10,16H,6-8H2,1-5H3. The molecule has 0 rings (SSSR count). The highest BCUT2D eigenvalue weighted by molar-refractivity contribution is 4.73. The second-order valence-corrected chi connectivity index (χ2v) is 5.89. The molecule has 2 unspecified atom stereocenters. The average Bonchev–Trinajstić information content (AvgIpc) is 1.95. The van der Waals surface area contributed by atoms with E-state index >= 15 is 0 Å². The van der Waals surface area contributed by atoms with Crippen molar-refractivity contribution in [2.45, 2.75) is 72.1 Å². The van der Waals surface area contributed by atoms with E-state index in [1.807, 2.05) is 6.92 Å². The summed E-state index contributed by atoms with van der Waals surface area (Å²) in [6.07, 6.45) is -2.91. The van der Waals surface area contributed by atoms with E-state index in [0.29, 0.717) is 0 Å².